The molecule has 0 aliphatic heterocycles. The Morgan fingerprint density at radius 1 is 1.15 bits per heavy atom. The van der Waals surface area contributed by atoms with E-state index in [1.165, 1.54) is 0 Å². The molecule has 108 valence electrons. The lowest BCUT2D eigenvalue weighted by molar-refractivity contribution is 0.260. The highest BCUT2D eigenvalue weighted by Crippen LogP contribution is 2.27. The molecule has 0 bridgehead atoms. The van der Waals surface area contributed by atoms with E-state index in [2.05, 4.69) is 15.5 Å². The first-order valence-corrected chi connectivity index (χ1v) is 6.36. The maximum absolute atomic E-state index is 13.3. The van der Waals surface area contributed by atoms with Gasteiger partial charge in [0.2, 0.25) is 16.8 Å². The average Bonchev–Trinajstić information content (AvgIpc) is 2.85. The number of nitrogens with zero attached hydrogens (tertiary/aromatic N) is 2. The quantitative estimate of drug-likeness (QED) is 0.681. The molecule has 0 aliphatic rings. The van der Waals surface area contributed by atoms with Crippen LogP contribution in [0.25, 0.3) is 0 Å². The van der Waals surface area contributed by atoms with Gasteiger partial charge in [-0.15, -0.1) is 10.2 Å². The number of halogens is 4. The number of ether oxygens (including phenoxy) is 1. The Morgan fingerprint density at radius 2 is 1.80 bits per heavy atom. The lowest BCUT2D eigenvalue weighted by atomic mass is 10.3. The predicted octanol–water partition coefficient (Wildman–Crippen LogP) is 3.11. The predicted molar refractivity (Wildman–Crippen MR) is 64.7 cm³/mol. The molecule has 0 saturated heterocycles. The Morgan fingerprint density at radius 3 is 2.40 bits per heavy atom. The summed E-state index contributed by atoms with van der Waals surface area (Å²) in [6.45, 7) is 2.14. The second kappa shape index (κ2) is 6.04. The molecule has 0 saturated carbocycles. The Labute approximate surface area is 115 Å². The topological polar surface area (TPSA) is 47.0 Å². The van der Waals surface area contributed by atoms with Crippen molar-refractivity contribution in [2.45, 2.75) is 13.5 Å². The molecule has 0 atom stereocenters. The summed E-state index contributed by atoms with van der Waals surface area (Å²) in [6, 6.07) is 0.117. The van der Waals surface area contributed by atoms with Gasteiger partial charge < -0.3 is 10.1 Å². The first kappa shape index (κ1) is 14.5. The zero-order chi connectivity index (χ0) is 14.7. The smallest absolute Gasteiger partial charge is 0.205 e. The van der Waals surface area contributed by atoms with Crippen molar-refractivity contribution in [2.24, 2.45) is 0 Å². The fraction of sp³-hybridized carbons (Fsp3) is 0.273. The third-order valence-corrected chi connectivity index (χ3v) is 3.06. The zero-order valence-corrected chi connectivity index (χ0v) is 11.0. The first-order valence-electron chi connectivity index (χ1n) is 5.55. The molecule has 0 aliphatic carbocycles. The summed E-state index contributed by atoms with van der Waals surface area (Å²) in [5.74, 6) is -7.32. The molecule has 1 heterocycles. The summed E-state index contributed by atoms with van der Waals surface area (Å²) < 4.78 is 57.3. The number of rotatable bonds is 5. The summed E-state index contributed by atoms with van der Waals surface area (Å²) in [5.41, 5.74) is 0. The monoisotopic (exact) mass is 307 g/mol. The van der Waals surface area contributed by atoms with Crippen LogP contribution in [-0.2, 0) is 6.61 Å². The molecule has 2 aromatic rings. The molecule has 9 heteroatoms. The Bertz CT molecular complexity index is 594. The SMILES string of the molecule is CCNc1nnc(COc2c(F)c(F)cc(F)c2F)s1. The van der Waals surface area contributed by atoms with Gasteiger partial charge in [-0.3, -0.25) is 0 Å². The molecular formula is C11H9F4N3OS. The number of hydrogen-bond acceptors (Lipinski definition) is 5. The first-order chi connectivity index (χ1) is 9.52. The second-order valence-electron chi connectivity index (χ2n) is 3.62. The minimum absolute atomic E-state index is 0.117. The van der Waals surface area contributed by atoms with E-state index in [1.54, 1.807) is 0 Å². The standard InChI is InChI=1S/C11H9F4N3OS/c1-2-16-11-18-17-7(20-11)4-19-10-8(14)5(12)3-6(13)9(10)15/h3H,2,4H2,1H3,(H,16,18). The van der Waals surface area contributed by atoms with E-state index in [-0.39, 0.29) is 12.7 Å². The number of benzene rings is 1. The van der Waals surface area contributed by atoms with Crippen LogP contribution in [0.2, 0.25) is 0 Å². The van der Waals surface area contributed by atoms with Gasteiger partial charge >= 0.3 is 0 Å². The summed E-state index contributed by atoms with van der Waals surface area (Å²) in [7, 11) is 0. The van der Waals surface area contributed by atoms with Gasteiger partial charge in [-0.05, 0) is 6.92 Å². The van der Waals surface area contributed by atoms with Crippen molar-refractivity contribution in [1.29, 1.82) is 0 Å². The summed E-state index contributed by atoms with van der Waals surface area (Å²) in [4.78, 5) is 0. The minimum atomic E-state index is -1.58. The summed E-state index contributed by atoms with van der Waals surface area (Å²) >= 11 is 1.11. The molecule has 0 spiro atoms. The van der Waals surface area contributed by atoms with Gasteiger partial charge in [-0.25, -0.2) is 8.78 Å². The van der Waals surface area contributed by atoms with Gasteiger partial charge in [0.25, 0.3) is 0 Å². The van der Waals surface area contributed by atoms with Gasteiger partial charge in [0.05, 0.1) is 0 Å². The van der Waals surface area contributed by atoms with Crippen molar-refractivity contribution in [2.75, 3.05) is 11.9 Å². The molecule has 0 fully saturated rings. The third-order valence-electron chi connectivity index (χ3n) is 2.21. The van der Waals surface area contributed by atoms with E-state index in [9.17, 15) is 17.6 Å². The average molecular weight is 307 g/mol. The van der Waals surface area contributed by atoms with Crippen LogP contribution >= 0.6 is 11.3 Å². The van der Waals surface area contributed by atoms with Gasteiger partial charge in [-0.2, -0.15) is 8.78 Å². The molecule has 2 rings (SSSR count). The summed E-state index contributed by atoms with van der Waals surface area (Å²) in [5, 5.41) is 11.2. The van der Waals surface area contributed by atoms with E-state index in [4.69, 9.17) is 4.74 Å². The van der Waals surface area contributed by atoms with Crippen LogP contribution in [0.15, 0.2) is 6.07 Å². The Hall–Kier alpha value is -1.90. The van der Waals surface area contributed by atoms with Crippen molar-refractivity contribution < 1.29 is 22.3 Å². The van der Waals surface area contributed by atoms with E-state index in [0.717, 1.165) is 11.3 Å². The lowest BCUT2D eigenvalue weighted by Crippen LogP contribution is -2.03. The largest absolute Gasteiger partial charge is 0.480 e. The molecule has 0 unspecified atom stereocenters. The van der Waals surface area contributed by atoms with Crippen molar-refractivity contribution in [3.05, 3.63) is 34.3 Å². The van der Waals surface area contributed by atoms with Gasteiger partial charge in [-0.1, -0.05) is 11.3 Å². The molecule has 1 aromatic heterocycles. The Balaban J connectivity index is 2.14. The lowest BCUT2D eigenvalue weighted by Gasteiger charge is -2.07. The number of nitrogens with one attached hydrogen (secondary N) is 1. The van der Waals surface area contributed by atoms with Crippen LogP contribution in [0.4, 0.5) is 22.7 Å². The summed E-state index contributed by atoms with van der Waals surface area (Å²) in [6.07, 6.45) is 0. The van der Waals surface area contributed by atoms with E-state index in [1.807, 2.05) is 6.92 Å². The highest BCUT2D eigenvalue weighted by atomic mass is 32.1. The second-order valence-corrected chi connectivity index (χ2v) is 4.68. The van der Waals surface area contributed by atoms with E-state index >= 15 is 0 Å². The van der Waals surface area contributed by atoms with Gasteiger partial charge in [0, 0.05) is 12.6 Å². The van der Waals surface area contributed by atoms with Crippen LogP contribution in [-0.4, -0.2) is 16.7 Å². The Kier molecular flexibility index (Phi) is 4.38. The van der Waals surface area contributed by atoms with Crippen molar-refractivity contribution >= 4 is 16.5 Å². The highest BCUT2D eigenvalue weighted by Gasteiger charge is 2.21. The fourth-order valence-corrected chi connectivity index (χ4v) is 2.07. The normalized spacial score (nSPS) is 10.7. The van der Waals surface area contributed by atoms with Crippen LogP contribution in [0.3, 0.4) is 0 Å². The van der Waals surface area contributed by atoms with Crippen molar-refractivity contribution in [3.63, 3.8) is 0 Å². The van der Waals surface area contributed by atoms with Crippen LogP contribution < -0.4 is 10.1 Å². The minimum Gasteiger partial charge on any atom is -0.480 e. The van der Waals surface area contributed by atoms with Crippen molar-refractivity contribution in [3.8, 4) is 5.75 Å². The fourth-order valence-electron chi connectivity index (χ4n) is 1.35. The third kappa shape index (κ3) is 2.98. The van der Waals surface area contributed by atoms with Crippen LogP contribution in [0.5, 0.6) is 5.75 Å². The number of anilines is 1. The zero-order valence-electron chi connectivity index (χ0n) is 10.2. The molecule has 1 aromatic carbocycles. The molecule has 20 heavy (non-hydrogen) atoms. The molecule has 1 N–H and O–H groups in total. The highest BCUT2D eigenvalue weighted by molar-refractivity contribution is 7.15. The van der Waals surface area contributed by atoms with E-state index in [0.29, 0.717) is 16.7 Å². The van der Waals surface area contributed by atoms with Gasteiger partial charge in [0.15, 0.2) is 22.4 Å². The number of aromatic nitrogens is 2. The molecule has 4 nitrogen and oxygen atoms in total. The maximum atomic E-state index is 13.3. The molecule has 0 amide bonds. The van der Waals surface area contributed by atoms with Crippen LogP contribution in [0.1, 0.15) is 11.9 Å². The molecular weight excluding hydrogens is 298 g/mol. The molecule has 0 radical (unpaired) electrons. The van der Waals surface area contributed by atoms with Gasteiger partial charge in [0.1, 0.15) is 6.61 Å². The maximum Gasteiger partial charge on any atom is 0.205 e. The van der Waals surface area contributed by atoms with Crippen molar-refractivity contribution in [1.82, 2.24) is 10.2 Å². The van der Waals surface area contributed by atoms with Crippen LogP contribution in [0, 0.1) is 23.3 Å². The number of hydrogen-bond donors (Lipinski definition) is 1. The van der Waals surface area contributed by atoms with E-state index < -0.39 is 29.0 Å².